The van der Waals surface area contributed by atoms with E-state index in [0.717, 1.165) is 58.7 Å². The molecule has 25 heavy (non-hydrogen) atoms. The summed E-state index contributed by atoms with van der Waals surface area (Å²) >= 11 is 0. The first kappa shape index (κ1) is 18.2. The number of carbonyl (C=O) groups excluding carboxylic acids is 1. The normalized spacial score (nSPS) is 21.8. The Kier molecular flexibility index (Phi) is 6.32. The van der Waals surface area contributed by atoms with Gasteiger partial charge < -0.3 is 15.1 Å². The lowest BCUT2D eigenvalue weighted by Gasteiger charge is -2.36. The van der Waals surface area contributed by atoms with Gasteiger partial charge in [0, 0.05) is 64.0 Å². The van der Waals surface area contributed by atoms with Gasteiger partial charge in [-0.2, -0.15) is 0 Å². The summed E-state index contributed by atoms with van der Waals surface area (Å²) in [6, 6.07) is 9.13. The molecular formula is C20H32N4O. The van der Waals surface area contributed by atoms with E-state index < -0.39 is 0 Å². The molecule has 0 saturated carbocycles. The van der Waals surface area contributed by atoms with Gasteiger partial charge in [0.1, 0.15) is 0 Å². The number of anilines is 1. The molecule has 5 nitrogen and oxygen atoms in total. The van der Waals surface area contributed by atoms with Gasteiger partial charge in [-0.15, -0.1) is 0 Å². The number of carbonyl (C=O) groups is 1. The van der Waals surface area contributed by atoms with E-state index in [1.54, 1.807) is 0 Å². The van der Waals surface area contributed by atoms with Crippen molar-refractivity contribution < 1.29 is 4.79 Å². The van der Waals surface area contributed by atoms with Gasteiger partial charge in [0.15, 0.2) is 0 Å². The minimum atomic E-state index is 0.332. The van der Waals surface area contributed by atoms with Crippen molar-refractivity contribution in [2.75, 3.05) is 57.8 Å². The zero-order chi connectivity index (χ0) is 17.6. The van der Waals surface area contributed by atoms with Crippen molar-refractivity contribution in [1.82, 2.24) is 15.1 Å². The lowest BCUT2D eigenvalue weighted by atomic mass is 10.2. The second-order valence-corrected chi connectivity index (χ2v) is 7.36. The molecule has 2 heterocycles. The Balaban J connectivity index is 1.42. The number of rotatable bonds is 6. The molecule has 1 amide bonds. The van der Waals surface area contributed by atoms with Crippen LogP contribution in [0.2, 0.25) is 0 Å². The quantitative estimate of drug-likeness (QED) is 0.853. The van der Waals surface area contributed by atoms with Gasteiger partial charge in [0.25, 0.3) is 0 Å². The number of amides is 1. The SMILES string of the molecule is CNCC1CCCN1C(=O)CCN1CCN(c2cccc(C)c2)CC1. The summed E-state index contributed by atoms with van der Waals surface area (Å²) in [5, 5.41) is 3.21. The van der Waals surface area contributed by atoms with E-state index in [0.29, 0.717) is 18.4 Å². The molecule has 1 atom stereocenters. The Morgan fingerprint density at radius 2 is 2.00 bits per heavy atom. The highest BCUT2D eigenvalue weighted by Gasteiger charge is 2.28. The maximum atomic E-state index is 12.6. The van der Waals surface area contributed by atoms with E-state index in [1.165, 1.54) is 11.3 Å². The summed E-state index contributed by atoms with van der Waals surface area (Å²) < 4.78 is 0. The predicted octanol–water partition coefficient (Wildman–Crippen LogP) is 1.72. The van der Waals surface area contributed by atoms with Crippen molar-refractivity contribution in [1.29, 1.82) is 0 Å². The molecule has 2 fully saturated rings. The summed E-state index contributed by atoms with van der Waals surface area (Å²) in [5.41, 5.74) is 2.63. The molecule has 2 saturated heterocycles. The van der Waals surface area contributed by atoms with Crippen molar-refractivity contribution in [2.45, 2.75) is 32.2 Å². The van der Waals surface area contributed by atoms with Crippen LogP contribution in [0.25, 0.3) is 0 Å². The molecule has 3 rings (SSSR count). The number of aryl methyl sites for hydroxylation is 1. The minimum Gasteiger partial charge on any atom is -0.369 e. The number of hydrogen-bond acceptors (Lipinski definition) is 4. The topological polar surface area (TPSA) is 38.8 Å². The van der Waals surface area contributed by atoms with Crippen LogP contribution in [0.4, 0.5) is 5.69 Å². The average molecular weight is 345 g/mol. The fourth-order valence-corrected chi connectivity index (χ4v) is 4.06. The molecule has 0 radical (unpaired) electrons. The molecular weight excluding hydrogens is 312 g/mol. The van der Waals surface area contributed by atoms with E-state index in [-0.39, 0.29) is 0 Å². The van der Waals surface area contributed by atoms with Gasteiger partial charge >= 0.3 is 0 Å². The second-order valence-electron chi connectivity index (χ2n) is 7.36. The second kappa shape index (κ2) is 8.68. The lowest BCUT2D eigenvalue weighted by molar-refractivity contribution is -0.132. The first-order valence-electron chi connectivity index (χ1n) is 9.65. The highest BCUT2D eigenvalue weighted by molar-refractivity contribution is 5.77. The van der Waals surface area contributed by atoms with Crippen LogP contribution in [-0.2, 0) is 4.79 Å². The maximum absolute atomic E-state index is 12.6. The van der Waals surface area contributed by atoms with Crippen LogP contribution < -0.4 is 10.2 Å². The first-order chi connectivity index (χ1) is 12.2. The summed E-state index contributed by atoms with van der Waals surface area (Å²) in [6.07, 6.45) is 2.94. The van der Waals surface area contributed by atoms with Gasteiger partial charge in [0.05, 0.1) is 0 Å². The van der Waals surface area contributed by atoms with Gasteiger partial charge in [0.2, 0.25) is 5.91 Å². The van der Waals surface area contributed by atoms with Gasteiger partial charge in [-0.25, -0.2) is 0 Å². The Hall–Kier alpha value is -1.59. The van der Waals surface area contributed by atoms with Crippen LogP contribution in [0.1, 0.15) is 24.8 Å². The molecule has 0 aromatic heterocycles. The minimum absolute atomic E-state index is 0.332. The highest BCUT2D eigenvalue weighted by Crippen LogP contribution is 2.19. The van der Waals surface area contributed by atoms with Crippen LogP contribution in [0, 0.1) is 6.92 Å². The largest absolute Gasteiger partial charge is 0.369 e. The van der Waals surface area contributed by atoms with Crippen LogP contribution in [-0.4, -0.2) is 74.6 Å². The third-order valence-electron chi connectivity index (χ3n) is 5.52. The number of nitrogens with zero attached hydrogens (tertiary/aromatic N) is 3. The first-order valence-corrected chi connectivity index (χ1v) is 9.65. The zero-order valence-corrected chi connectivity index (χ0v) is 15.7. The Bertz CT molecular complexity index is 569. The van der Waals surface area contributed by atoms with Crippen LogP contribution in [0.15, 0.2) is 24.3 Å². The monoisotopic (exact) mass is 344 g/mol. The third-order valence-corrected chi connectivity index (χ3v) is 5.52. The molecule has 5 heteroatoms. The van der Waals surface area contributed by atoms with Crippen LogP contribution in [0.5, 0.6) is 0 Å². The van der Waals surface area contributed by atoms with E-state index in [4.69, 9.17) is 0 Å². The average Bonchev–Trinajstić information content (AvgIpc) is 3.09. The zero-order valence-electron chi connectivity index (χ0n) is 15.7. The van der Waals surface area contributed by atoms with Crippen LogP contribution in [0.3, 0.4) is 0 Å². The van der Waals surface area contributed by atoms with E-state index >= 15 is 0 Å². The molecule has 0 aliphatic carbocycles. The van der Waals surface area contributed by atoms with Crippen molar-refractivity contribution in [3.63, 3.8) is 0 Å². The van der Waals surface area contributed by atoms with Gasteiger partial charge in [-0.05, 0) is 44.5 Å². The molecule has 0 spiro atoms. The van der Waals surface area contributed by atoms with Crippen LogP contribution >= 0.6 is 0 Å². The lowest BCUT2D eigenvalue weighted by Crippen LogP contribution is -2.48. The number of likely N-dealkylation sites (N-methyl/N-ethyl adjacent to an activating group) is 1. The van der Waals surface area contributed by atoms with Crippen molar-refractivity contribution in [3.05, 3.63) is 29.8 Å². The van der Waals surface area contributed by atoms with Gasteiger partial charge in [-0.1, -0.05) is 12.1 Å². The molecule has 2 aliphatic heterocycles. The maximum Gasteiger partial charge on any atom is 0.224 e. The molecule has 0 bridgehead atoms. The third kappa shape index (κ3) is 4.73. The van der Waals surface area contributed by atoms with Gasteiger partial charge in [-0.3, -0.25) is 9.69 Å². The molecule has 1 N–H and O–H groups in total. The highest BCUT2D eigenvalue weighted by atomic mass is 16.2. The smallest absolute Gasteiger partial charge is 0.224 e. The Morgan fingerprint density at radius 3 is 2.72 bits per heavy atom. The molecule has 1 aromatic carbocycles. The number of piperazine rings is 1. The summed E-state index contributed by atoms with van der Waals surface area (Å²) in [6.45, 7) is 9.07. The number of benzene rings is 1. The van der Waals surface area contributed by atoms with E-state index in [9.17, 15) is 4.79 Å². The number of nitrogens with one attached hydrogen (secondary N) is 1. The Labute approximate surface area is 152 Å². The molecule has 1 aromatic rings. The van der Waals surface area contributed by atoms with E-state index in [1.807, 2.05) is 7.05 Å². The molecule has 2 aliphatic rings. The number of hydrogen-bond donors (Lipinski definition) is 1. The van der Waals surface area contributed by atoms with Crippen molar-refractivity contribution >= 4 is 11.6 Å². The fourth-order valence-electron chi connectivity index (χ4n) is 4.06. The predicted molar refractivity (Wildman–Crippen MR) is 103 cm³/mol. The fraction of sp³-hybridized carbons (Fsp3) is 0.650. The summed E-state index contributed by atoms with van der Waals surface area (Å²) in [5.74, 6) is 0.332. The van der Waals surface area contributed by atoms with Crippen molar-refractivity contribution in [3.8, 4) is 0 Å². The standard InChI is InChI=1S/C20H32N4O/c1-17-5-3-6-18(15-17)23-13-11-22(12-14-23)10-8-20(25)24-9-4-7-19(24)16-21-2/h3,5-6,15,19,21H,4,7-14,16H2,1-2H3. The Morgan fingerprint density at radius 1 is 1.20 bits per heavy atom. The molecule has 138 valence electrons. The van der Waals surface area contributed by atoms with Crippen molar-refractivity contribution in [2.24, 2.45) is 0 Å². The molecule has 1 unspecified atom stereocenters. The summed E-state index contributed by atoms with van der Waals surface area (Å²) in [4.78, 5) is 19.5. The number of likely N-dealkylation sites (tertiary alicyclic amines) is 1. The van der Waals surface area contributed by atoms with E-state index in [2.05, 4.69) is 51.2 Å². The summed E-state index contributed by atoms with van der Waals surface area (Å²) in [7, 11) is 1.97.